The number of nitrogens with zero attached hydrogens (tertiary/aromatic N) is 1. The largest absolute Gasteiger partial charge is 0.480 e. The predicted molar refractivity (Wildman–Crippen MR) is 93.6 cm³/mol. The molecule has 1 saturated heterocycles. The molecule has 2 N–H and O–H groups in total. The first kappa shape index (κ1) is 18.2. The summed E-state index contributed by atoms with van der Waals surface area (Å²) in [4.78, 5) is 37.7. The summed E-state index contributed by atoms with van der Waals surface area (Å²) in [5.41, 5.74) is 0.710. The van der Waals surface area contributed by atoms with E-state index in [4.69, 9.17) is 0 Å². The number of anilines is 1. The maximum atomic E-state index is 12.5. The number of rotatable bonds is 6. The van der Waals surface area contributed by atoms with Crippen LogP contribution in [0.4, 0.5) is 5.69 Å². The number of aliphatic carboxylic acids is 1. The smallest absolute Gasteiger partial charge is 0.326 e. The van der Waals surface area contributed by atoms with Crippen LogP contribution in [0.5, 0.6) is 0 Å². The molecule has 2 amide bonds. The summed E-state index contributed by atoms with van der Waals surface area (Å²) < 4.78 is 0.774. The van der Waals surface area contributed by atoms with Gasteiger partial charge in [-0.05, 0) is 47.8 Å². The van der Waals surface area contributed by atoms with Crippen LogP contribution in [0.15, 0.2) is 40.9 Å². The molecule has 0 aliphatic carbocycles. The Balaban J connectivity index is 2.08. The second kappa shape index (κ2) is 8.10. The van der Waals surface area contributed by atoms with Crippen molar-refractivity contribution in [2.24, 2.45) is 5.92 Å². The number of hydrogen-bond donors (Lipinski definition) is 2. The highest BCUT2D eigenvalue weighted by Gasteiger charge is 2.39. The highest BCUT2D eigenvalue weighted by molar-refractivity contribution is 9.10. The maximum absolute atomic E-state index is 12.5. The Labute approximate surface area is 148 Å². The van der Waals surface area contributed by atoms with Crippen LogP contribution in [0.2, 0.25) is 0 Å². The molecule has 6 nitrogen and oxygen atoms in total. The molecule has 1 aromatic carbocycles. The van der Waals surface area contributed by atoms with Crippen LogP contribution in [0.3, 0.4) is 0 Å². The summed E-state index contributed by atoms with van der Waals surface area (Å²) in [7, 11) is 0. The molecule has 1 fully saturated rings. The molecule has 7 heteroatoms. The Morgan fingerprint density at radius 3 is 2.79 bits per heavy atom. The minimum absolute atomic E-state index is 0.187. The van der Waals surface area contributed by atoms with Gasteiger partial charge in [-0.1, -0.05) is 24.3 Å². The lowest BCUT2D eigenvalue weighted by Crippen LogP contribution is -2.45. The van der Waals surface area contributed by atoms with Gasteiger partial charge < -0.3 is 15.3 Å². The summed E-state index contributed by atoms with van der Waals surface area (Å²) in [5, 5.41) is 11.6. The van der Waals surface area contributed by atoms with Crippen LogP contribution < -0.4 is 10.2 Å². The normalized spacial score (nSPS) is 18.8. The Morgan fingerprint density at radius 2 is 2.17 bits per heavy atom. The Morgan fingerprint density at radius 1 is 1.46 bits per heavy atom. The third kappa shape index (κ3) is 4.03. The fourth-order valence-electron chi connectivity index (χ4n) is 2.60. The minimum Gasteiger partial charge on any atom is -0.480 e. The van der Waals surface area contributed by atoms with Crippen molar-refractivity contribution in [2.45, 2.75) is 25.8 Å². The first-order chi connectivity index (χ1) is 11.5. The van der Waals surface area contributed by atoms with Gasteiger partial charge in [0.15, 0.2) is 0 Å². The number of amides is 2. The molecule has 2 rings (SSSR count). The van der Waals surface area contributed by atoms with E-state index in [9.17, 15) is 19.5 Å². The van der Waals surface area contributed by atoms with Gasteiger partial charge in [0, 0.05) is 11.0 Å². The molecule has 1 aliphatic heterocycles. The monoisotopic (exact) mass is 394 g/mol. The lowest BCUT2D eigenvalue weighted by atomic mass is 10.1. The van der Waals surface area contributed by atoms with Gasteiger partial charge in [-0.3, -0.25) is 9.59 Å². The van der Waals surface area contributed by atoms with E-state index in [1.165, 1.54) is 0 Å². The number of nitrogens with one attached hydrogen (secondary N) is 1. The van der Waals surface area contributed by atoms with E-state index >= 15 is 0 Å². The average molecular weight is 395 g/mol. The molecule has 0 aromatic heterocycles. The second-order valence-electron chi connectivity index (χ2n) is 5.49. The van der Waals surface area contributed by atoms with E-state index in [0.29, 0.717) is 18.7 Å². The SMILES string of the molecule is C/C=C/CC(NC(=O)C1CCN(c2ccccc2Br)C1=O)C(=O)O. The number of allylic oxidation sites excluding steroid dienone is 1. The van der Waals surface area contributed by atoms with E-state index < -0.39 is 23.8 Å². The molecule has 0 bridgehead atoms. The molecule has 2 unspecified atom stereocenters. The molecule has 1 heterocycles. The van der Waals surface area contributed by atoms with E-state index in [0.717, 1.165) is 4.47 Å². The predicted octanol–water partition coefficient (Wildman–Crippen LogP) is 2.34. The number of para-hydroxylation sites is 1. The Hall–Kier alpha value is -2.15. The van der Waals surface area contributed by atoms with Crippen molar-refractivity contribution in [1.29, 1.82) is 0 Å². The van der Waals surface area contributed by atoms with E-state index in [2.05, 4.69) is 21.2 Å². The molecular formula is C17H19BrN2O4. The first-order valence-electron chi connectivity index (χ1n) is 7.66. The highest BCUT2D eigenvalue weighted by atomic mass is 79.9. The maximum Gasteiger partial charge on any atom is 0.326 e. The van der Waals surface area contributed by atoms with E-state index in [1.54, 1.807) is 30.0 Å². The molecule has 0 saturated carbocycles. The quantitative estimate of drug-likeness (QED) is 0.572. The zero-order valence-electron chi connectivity index (χ0n) is 13.2. The molecule has 0 radical (unpaired) electrons. The summed E-state index contributed by atoms with van der Waals surface area (Å²) in [5.74, 6) is -2.82. The number of carbonyl (C=O) groups excluding carboxylic acids is 2. The highest BCUT2D eigenvalue weighted by Crippen LogP contribution is 2.31. The van der Waals surface area contributed by atoms with Crippen LogP contribution in [0.25, 0.3) is 0 Å². The molecule has 128 valence electrons. The van der Waals surface area contributed by atoms with Gasteiger partial charge in [0.1, 0.15) is 12.0 Å². The van der Waals surface area contributed by atoms with Crippen LogP contribution in [0, 0.1) is 5.92 Å². The average Bonchev–Trinajstić information content (AvgIpc) is 2.93. The van der Waals surface area contributed by atoms with Crippen LogP contribution in [0.1, 0.15) is 19.8 Å². The molecule has 1 aliphatic rings. The van der Waals surface area contributed by atoms with Gasteiger partial charge >= 0.3 is 5.97 Å². The molecule has 0 spiro atoms. The van der Waals surface area contributed by atoms with Gasteiger partial charge in [-0.15, -0.1) is 0 Å². The number of carbonyl (C=O) groups is 3. The molecular weight excluding hydrogens is 376 g/mol. The van der Waals surface area contributed by atoms with Gasteiger partial charge in [0.05, 0.1) is 5.69 Å². The first-order valence-corrected chi connectivity index (χ1v) is 8.45. The number of benzene rings is 1. The third-order valence-electron chi connectivity index (χ3n) is 3.89. The standard InChI is InChI=1S/C17H19BrN2O4/c1-2-3-7-13(17(23)24)19-15(21)11-9-10-20(16(11)22)14-8-5-4-6-12(14)18/h2-6,8,11,13H,7,9-10H2,1H3,(H,19,21)(H,23,24)/b3-2+. The summed E-state index contributed by atoms with van der Waals surface area (Å²) in [6, 6.07) is 6.26. The van der Waals surface area contributed by atoms with Gasteiger partial charge in [-0.25, -0.2) is 4.79 Å². The van der Waals surface area contributed by atoms with Gasteiger partial charge in [0.25, 0.3) is 0 Å². The zero-order valence-corrected chi connectivity index (χ0v) is 14.8. The minimum atomic E-state index is -1.12. The topological polar surface area (TPSA) is 86.7 Å². The number of hydrogen-bond acceptors (Lipinski definition) is 3. The lowest BCUT2D eigenvalue weighted by molar-refractivity contribution is -0.143. The Kier molecular flexibility index (Phi) is 6.14. The van der Waals surface area contributed by atoms with Crippen LogP contribution >= 0.6 is 15.9 Å². The lowest BCUT2D eigenvalue weighted by Gasteiger charge is -2.19. The molecule has 2 atom stereocenters. The van der Waals surface area contributed by atoms with Crippen LogP contribution in [-0.4, -0.2) is 35.5 Å². The zero-order chi connectivity index (χ0) is 17.7. The summed E-state index contributed by atoms with van der Waals surface area (Å²) in [6.45, 7) is 2.20. The van der Waals surface area contributed by atoms with Gasteiger partial charge in [-0.2, -0.15) is 0 Å². The van der Waals surface area contributed by atoms with Gasteiger partial charge in [0.2, 0.25) is 11.8 Å². The van der Waals surface area contributed by atoms with Crippen molar-refractivity contribution < 1.29 is 19.5 Å². The van der Waals surface area contributed by atoms with Crippen molar-refractivity contribution in [3.63, 3.8) is 0 Å². The molecule has 24 heavy (non-hydrogen) atoms. The number of carboxylic acid groups (broad SMARTS) is 1. The Bertz CT molecular complexity index is 674. The van der Waals surface area contributed by atoms with E-state index in [-0.39, 0.29) is 12.3 Å². The second-order valence-corrected chi connectivity index (χ2v) is 6.34. The summed E-state index contributed by atoms with van der Waals surface area (Å²) >= 11 is 3.40. The fourth-order valence-corrected chi connectivity index (χ4v) is 3.10. The van der Waals surface area contributed by atoms with E-state index in [1.807, 2.05) is 18.2 Å². The van der Waals surface area contributed by atoms with Crippen molar-refractivity contribution in [3.05, 3.63) is 40.9 Å². The van der Waals surface area contributed by atoms with Crippen molar-refractivity contribution in [3.8, 4) is 0 Å². The number of carboxylic acids is 1. The summed E-state index contributed by atoms with van der Waals surface area (Å²) in [6.07, 6.45) is 3.94. The fraction of sp³-hybridized carbons (Fsp3) is 0.353. The number of halogens is 1. The van der Waals surface area contributed by atoms with Crippen molar-refractivity contribution in [2.75, 3.05) is 11.4 Å². The van der Waals surface area contributed by atoms with Crippen molar-refractivity contribution >= 4 is 39.4 Å². The third-order valence-corrected chi connectivity index (χ3v) is 4.56. The van der Waals surface area contributed by atoms with Crippen molar-refractivity contribution in [1.82, 2.24) is 5.32 Å². The van der Waals surface area contributed by atoms with Crippen LogP contribution in [-0.2, 0) is 14.4 Å². The molecule has 1 aromatic rings.